The number of phenolic OH excluding ortho intramolecular Hbond substituents is 1. The zero-order valence-corrected chi connectivity index (χ0v) is 15.0. The van der Waals surface area contributed by atoms with Crippen molar-refractivity contribution in [1.29, 1.82) is 0 Å². The Morgan fingerprint density at radius 1 is 1.12 bits per heavy atom. The normalized spacial score (nSPS) is 11.0. The summed E-state index contributed by atoms with van der Waals surface area (Å²) in [4.78, 5) is 11.7. The molecular weight excluding hydrogens is 316 g/mol. The maximum absolute atomic E-state index is 11.7. The first-order valence-electron chi connectivity index (χ1n) is 8.42. The Labute approximate surface area is 149 Å². The summed E-state index contributed by atoms with van der Waals surface area (Å²) in [5.41, 5.74) is 1.95. The zero-order chi connectivity index (χ0) is 18.3. The van der Waals surface area contributed by atoms with Crippen LogP contribution in [-0.2, 0) is 5.41 Å². The van der Waals surface area contributed by atoms with E-state index in [1.54, 1.807) is 18.2 Å². The molecule has 134 valence electrons. The lowest BCUT2D eigenvalue weighted by molar-refractivity contribution is 0.250. The molecule has 2 aromatic carbocycles. The second-order valence-electron chi connectivity index (χ2n) is 6.91. The van der Waals surface area contributed by atoms with Gasteiger partial charge in [0, 0.05) is 18.3 Å². The Balaban J connectivity index is 1.65. The number of rotatable bonds is 6. The molecule has 5 nitrogen and oxygen atoms in total. The van der Waals surface area contributed by atoms with Crippen LogP contribution in [0.5, 0.6) is 11.5 Å². The predicted octanol–water partition coefficient (Wildman–Crippen LogP) is 4.28. The highest BCUT2D eigenvalue weighted by atomic mass is 16.5. The van der Waals surface area contributed by atoms with Crippen molar-refractivity contribution in [2.24, 2.45) is 0 Å². The molecule has 3 N–H and O–H groups in total. The van der Waals surface area contributed by atoms with Crippen LogP contribution in [0, 0.1) is 0 Å². The van der Waals surface area contributed by atoms with Gasteiger partial charge in [-0.2, -0.15) is 0 Å². The van der Waals surface area contributed by atoms with Gasteiger partial charge in [-0.25, -0.2) is 4.79 Å². The van der Waals surface area contributed by atoms with E-state index in [0.29, 0.717) is 25.3 Å². The monoisotopic (exact) mass is 342 g/mol. The summed E-state index contributed by atoms with van der Waals surface area (Å²) in [5, 5.41) is 14.8. The number of carbonyl (C=O) groups excluding carboxylic acids is 1. The predicted molar refractivity (Wildman–Crippen MR) is 100 cm³/mol. The van der Waals surface area contributed by atoms with Crippen LogP contribution >= 0.6 is 0 Å². The van der Waals surface area contributed by atoms with Crippen molar-refractivity contribution >= 4 is 11.7 Å². The van der Waals surface area contributed by atoms with Crippen LogP contribution in [0.4, 0.5) is 10.5 Å². The third kappa shape index (κ3) is 6.37. The van der Waals surface area contributed by atoms with Gasteiger partial charge >= 0.3 is 6.03 Å². The first-order chi connectivity index (χ1) is 11.8. The second kappa shape index (κ2) is 8.42. The third-order valence-corrected chi connectivity index (χ3v) is 3.70. The number of urea groups is 1. The Morgan fingerprint density at radius 2 is 1.84 bits per heavy atom. The molecule has 0 aliphatic rings. The molecule has 0 saturated heterocycles. The summed E-state index contributed by atoms with van der Waals surface area (Å²) in [5.74, 6) is 0.945. The number of ether oxygens (including phenoxy) is 1. The Morgan fingerprint density at radius 3 is 2.48 bits per heavy atom. The summed E-state index contributed by atoms with van der Waals surface area (Å²) in [6.07, 6.45) is 0.703. The average molecular weight is 342 g/mol. The van der Waals surface area contributed by atoms with Crippen molar-refractivity contribution in [2.75, 3.05) is 18.5 Å². The summed E-state index contributed by atoms with van der Waals surface area (Å²) in [7, 11) is 0. The number of aromatic hydroxyl groups is 1. The molecule has 0 bridgehead atoms. The Bertz CT molecular complexity index is 691. The first-order valence-corrected chi connectivity index (χ1v) is 8.42. The molecule has 0 aliphatic carbocycles. The Kier molecular flexibility index (Phi) is 6.28. The molecular formula is C20H26N2O3. The van der Waals surface area contributed by atoms with Crippen molar-refractivity contribution in [3.8, 4) is 11.5 Å². The number of amides is 2. The van der Waals surface area contributed by atoms with Crippen molar-refractivity contribution in [3.05, 3.63) is 54.1 Å². The molecule has 0 atom stereocenters. The fourth-order valence-corrected chi connectivity index (χ4v) is 2.27. The first kappa shape index (κ1) is 18.6. The largest absolute Gasteiger partial charge is 0.508 e. The molecule has 5 heteroatoms. The zero-order valence-electron chi connectivity index (χ0n) is 15.0. The lowest BCUT2D eigenvalue weighted by Crippen LogP contribution is -2.30. The van der Waals surface area contributed by atoms with Gasteiger partial charge in [0.25, 0.3) is 0 Å². The quantitative estimate of drug-likeness (QED) is 0.686. The highest BCUT2D eigenvalue weighted by Crippen LogP contribution is 2.24. The molecule has 0 aromatic heterocycles. The van der Waals surface area contributed by atoms with E-state index in [1.807, 2.05) is 12.1 Å². The minimum absolute atomic E-state index is 0.115. The van der Waals surface area contributed by atoms with Gasteiger partial charge in [0.15, 0.2) is 0 Å². The lowest BCUT2D eigenvalue weighted by Gasteiger charge is -2.19. The molecule has 25 heavy (non-hydrogen) atoms. The smallest absolute Gasteiger partial charge is 0.319 e. The minimum atomic E-state index is -0.305. The van der Waals surface area contributed by atoms with E-state index in [1.165, 1.54) is 11.6 Å². The molecule has 0 radical (unpaired) electrons. The fourth-order valence-electron chi connectivity index (χ4n) is 2.27. The van der Waals surface area contributed by atoms with Crippen molar-refractivity contribution < 1.29 is 14.6 Å². The van der Waals surface area contributed by atoms with Crippen LogP contribution in [0.25, 0.3) is 0 Å². The summed E-state index contributed by atoms with van der Waals surface area (Å²) < 4.78 is 5.68. The Hall–Kier alpha value is -2.69. The van der Waals surface area contributed by atoms with Gasteiger partial charge in [0.1, 0.15) is 11.5 Å². The summed E-state index contributed by atoms with van der Waals surface area (Å²) in [6.45, 7) is 7.56. The maximum atomic E-state index is 11.7. The van der Waals surface area contributed by atoms with E-state index in [2.05, 4.69) is 43.5 Å². The van der Waals surface area contributed by atoms with Crippen molar-refractivity contribution in [3.63, 3.8) is 0 Å². The van der Waals surface area contributed by atoms with Crippen LogP contribution in [0.15, 0.2) is 48.5 Å². The van der Waals surface area contributed by atoms with E-state index in [0.717, 1.165) is 5.75 Å². The molecule has 0 aliphatic heterocycles. The van der Waals surface area contributed by atoms with Crippen LogP contribution < -0.4 is 15.4 Å². The molecule has 0 unspecified atom stereocenters. The minimum Gasteiger partial charge on any atom is -0.508 e. The van der Waals surface area contributed by atoms with Gasteiger partial charge in [-0.05, 0) is 41.7 Å². The molecule has 0 heterocycles. The standard InChI is InChI=1S/C20H26N2O3/c1-20(2,3)15-8-10-18(11-9-15)25-13-5-12-21-19(24)22-16-6-4-7-17(23)14-16/h4,6-11,14,23H,5,12-13H2,1-3H3,(H2,21,22,24). The van der Waals surface area contributed by atoms with Gasteiger partial charge in [-0.3, -0.25) is 0 Å². The number of hydrogen-bond acceptors (Lipinski definition) is 3. The molecule has 0 fully saturated rings. The van der Waals surface area contributed by atoms with E-state index in [9.17, 15) is 9.90 Å². The molecule has 2 rings (SSSR count). The highest BCUT2D eigenvalue weighted by molar-refractivity contribution is 5.89. The van der Waals surface area contributed by atoms with E-state index in [4.69, 9.17) is 4.74 Å². The third-order valence-electron chi connectivity index (χ3n) is 3.70. The molecule has 0 spiro atoms. The van der Waals surface area contributed by atoms with Crippen LogP contribution in [0.3, 0.4) is 0 Å². The number of anilines is 1. The highest BCUT2D eigenvalue weighted by Gasteiger charge is 2.12. The topological polar surface area (TPSA) is 70.6 Å². The van der Waals surface area contributed by atoms with E-state index >= 15 is 0 Å². The van der Waals surface area contributed by atoms with Gasteiger partial charge in [-0.15, -0.1) is 0 Å². The van der Waals surface area contributed by atoms with Crippen molar-refractivity contribution in [2.45, 2.75) is 32.6 Å². The summed E-state index contributed by atoms with van der Waals surface area (Å²) >= 11 is 0. The number of benzene rings is 2. The van der Waals surface area contributed by atoms with E-state index < -0.39 is 0 Å². The molecule has 0 saturated carbocycles. The summed E-state index contributed by atoms with van der Waals surface area (Å²) in [6, 6.07) is 14.2. The number of carbonyl (C=O) groups is 1. The van der Waals surface area contributed by atoms with Crippen molar-refractivity contribution in [1.82, 2.24) is 5.32 Å². The SMILES string of the molecule is CC(C)(C)c1ccc(OCCCNC(=O)Nc2cccc(O)c2)cc1. The fraction of sp³-hybridized carbons (Fsp3) is 0.350. The van der Waals surface area contributed by atoms with Crippen LogP contribution in [0.2, 0.25) is 0 Å². The number of nitrogens with one attached hydrogen (secondary N) is 2. The lowest BCUT2D eigenvalue weighted by atomic mass is 9.87. The average Bonchev–Trinajstić information content (AvgIpc) is 2.54. The van der Waals surface area contributed by atoms with Crippen LogP contribution in [0.1, 0.15) is 32.8 Å². The number of hydrogen-bond donors (Lipinski definition) is 3. The second-order valence-corrected chi connectivity index (χ2v) is 6.91. The van der Waals surface area contributed by atoms with Gasteiger partial charge in [0.05, 0.1) is 6.61 Å². The molecule has 2 aromatic rings. The van der Waals surface area contributed by atoms with E-state index in [-0.39, 0.29) is 17.2 Å². The van der Waals surface area contributed by atoms with Gasteiger partial charge in [0.2, 0.25) is 0 Å². The van der Waals surface area contributed by atoms with Gasteiger partial charge < -0.3 is 20.5 Å². The number of phenols is 1. The molecule has 2 amide bonds. The van der Waals surface area contributed by atoms with Crippen LogP contribution in [-0.4, -0.2) is 24.3 Å². The van der Waals surface area contributed by atoms with Gasteiger partial charge in [-0.1, -0.05) is 39.0 Å². The maximum Gasteiger partial charge on any atom is 0.319 e.